The highest BCUT2D eigenvalue weighted by Gasteiger charge is 2.13. The van der Waals surface area contributed by atoms with E-state index in [-0.39, 0.29) is 11.1 Å². The molecule has 1 rings (SSSR count). The van der Waals surface area contributed by atoms with Crippen LogP contribution >= 0.6 is 0 Å². The number of aromatic carboxylic acids is 2. The normalized spacial score (nSPS) is 10.5. The van der Waals surface area contributed by atoms with Gasteiger partial charge in [-0.05, 0) is 53.7 Å². The first kappa shape index (κ1) is 22.4. The molecular formula is C16H26O6. The van der Waals surface area contributed by atoms with Crippen molar-refractivity contribution in [2.24, 2.45) is 0 Å². The van der Waals surface area contributed by atoms with Gasteiger partial charge in [0.15, 0.2) is 0 Å². The Morgan fingerprint density at radius 3 is 1.05 bits per heavy atom. The predicted octanol–water partition coefficient (Wildman–Crippen LogP) is 2.64. The smallest absolute Gasteiger partial charge is 0.336 e. The zero-order valence-corrected chi connectivity index (χ0v) is 13.9. The largest absolute Gasteiger partial charge is 0.478 e. The van der Waals surface area contributed by atoms with Crippen molar-refractivity contribution in [3.63, 3.8) is 0 Å². The molecule has 0 unspecified atom stereocenters. The van der Waals surface area contributed by atoms with Crippen molar-refractivity contribution in [1.82, 2.24) is 0 Å². The molecule has 0 bridgehead atoms. The summed E-state index contributed by atoms with van der Waals surface area (Å²) in [6.45, 7) is 10.5. The van der Waals surface area contributed by atoms with Crippen LogP contribution in [-0.4, -0.2) is 43.6 Å². The fraction of sp³-hybridized carbons (Fsp3) is 0.500. The third-order valence-electron chi connectivity index (χ3n) is 1.39. The van der Waals surface area contributed by atoms with Crippen molar-refractivity contribution in [2.75, 3.05) is 0 Å². The van der Waals surface area contributed by atoms with Gasteiger partial charge in [0.05, 0.1) is 22.3 Å². The minimum absolute atomic E-state index is 0.190. The van der Waals surface area contributed by atoms with E-state index >= 15 is 0 Å². The maximum atomic E-state index is 10.5. The number of carboxylic acids is 2. The van der Waals surface area contributed by atoms with E-state index in [1.165, 1.54) is 24.3 Å². The summed E-state index contributed by atoms with van der Waals surface area (Å²) in [5.74, 6) is -2.46. The van der Waals surface area contributed by atoms with Crippen LogP contribution in [0.2, 0.25) is 0 Å². The van der Waals surface area contributed by atoms with E-state index in [9.17, 15) is 9.59 Å². The van der Waals surface area contributed by atoms with Gasteiger partial charge in [-0.25, -0.2) is 9.59 Å². The Morgan fingerprint density at radius 1 is 0.727 bits per heavy atom. The van der Waals surface area contributed by atoms with E-state index in [1.54, 1.807) is 41.5 Å². The summed E-state index contributed by atoms with van der Waals surface area (Å²) in [5, 5.41) is 34.1. The highest BCUT2D eigenvalue weighted by Crippen LogP contribution is 2.07. The van der Waals surface area contributed by atoms with Crippen LogP contribution in [0.25, 0.3) is 0 Å². The van der Waals surface area contributed by atoms with Crippen molar-refractivity contribution in [2.45, 2.75) is 52.7 Å². The van der Waals surface area contributed by atoms with Crippen LogP contribution in [0.1, 0.15) is 62.3 Å². The molecule has 0 saturated heterocycles. The first-order valence-electron chi connectivity index (χ1n) is 6.63. The fourth-order valence-corrected chi connectivity index (χ4v) is 0.856. The van der Waals surface area contributed by atoms with E-state index in [1.807, 2.05) is 0 Å². The molecule has 0 amide bonds. The number of rotatable bonds is 2. The number of hydrogen-bond donors (Lipinski definition) is 4. The van der Waals surface area contributed by atoms with Gasteiger partial charge in [-0.2, -0.15) is 0 Å². The summed E-state index contributed by atoms with van der Waals surface area (Å²) in [7, 11) is 0. The monoisotopic (exact) mass is 314 g/mol. The van der Waals surface area contributed by atoms with E-state index in [0.717, 1.165) is 0 Å². The SMILES string of the molecule is CC(C)(C)O.CC(C)(C)O.O=C(O)c1ccccc1C(=O)O. The van der Waals surface area contributed by atoms with Gasteiger partial charge in [-0.15, -0.1) is 0 Å². The van der Waals surface area contributed by atoms with Crippen molar-refractivity contribution < 1.29 is 30.0 Å². The molecule has 0 aliphatic carbocycles. The van der Waals surface area contributed by atoms with Crippen LogP contribution in [0.15, 0.2) is 24.3 Å². The summed E-state index contributed by atoms with van der Waals surface area (Å²) in [6, 6.07) is 5.48. The maximum absolute atomic E-state index is 10.5. The number of hydrogen-bond acceptors (Lipinski definition) is 4. The lowest BCUT2D eigenvalue weighted by Crippen LogP contribution is -2.10. The molecule has 126 valence electrons. The summed E-state index contributed by atoms with van der Waals surface area (Å²) in [4.78, 5) is 20.9. The molecule has 0 fully saturated rings. The van der Waals surface area contributed by atoms with Crippen LogP contribution in [0.5, 0.6) is 0 Å². The molecule has 6 nitrogen and oxygen atoms in total. The molecule has 1 aromatic rings. The van der Waals surface area contributed by atoms with Crippen molar-refractivity contribution >= 4 is 11.9 Å². The van der Waals surface area contributed by atoms with E-state index in [2.05, 4.69) is 0 Å². The molecule has 0 saturated carbocycles. The Kier molecular flexibility index (Phi) is 9.32. The van der Waals surface area contributed by atoms with E-state index in [0.29, 0.717) is 0 Å². The molecule has 1 aromatic carbocycles. The second kappa shape index (κ2) is 9.17. The number of aliphatic hydroxyl groups is 2. The maximum Gasteiger partial charge on any atom is 0.336 e. The second-order valence-electron chi connectivity index (χ2n) is 6.50. The van der Waals surface area contributed by atoms with Gasteiger partial charge in [0.25, 0.3) is 0 Å². The zero-order valence-electron chi connectivity index (χ0n) is 13.9. The molecule has 0 heterocycles. The molecule has 0 spiro atoms. The average molecular weight is 314 g/mol. The summed E-state index contributed by atoms with van der Waals surface area (Å²) >= 11 is 0. The lowest BCUT2D eigenvalue weighted by Gasteiger charge is -2.04. The molecule has 22 heavy (non-hydrogen) atoms. The topological polar surface area (TPSA) is 115 Å². The number of carboxylic acid groups (broad SMARTS) is 2. The lowest BCUT2D eigenvalue weighted by molar-refractivity contribution is 0.0651. The Bertz CT molecular complexity index is 423. The van der Waals surface area contributed by atoms with Gasteiger partial charge in [0.1, 0.15) is 0 Å². The highest BCUT2D eigenvalue weighted by molar-refractivity contribution is 6.01. The molecule has 4 N–H and O–H groups in total. The highest BCUT2D eigenvalue weighted by atomic mass is 16.4. The van der Waals surface area contributed by atoms with Gasteiger partial charge in [-0.1, -0.05) is 12.1 Å². The Labute approximate surface area is 131 Å². The average Bonchev–Trinajstić information content (AvgIpc) is 2.24. The van der Waals surface area contributed by atoms with Crippen LogP contribution < -0.4 is 0 Å². The summed E-state index contributed by atoms with van der Waals surface area (Å²) in [6.07, 6.45) is 0. The summed E-state index contributed by atoms with van der Waals surface area (Å²) in [5.41, 5.74) is -1.38. The first-order valence-corrected chi connectivity index (χ1v) is 6.63. The zero-order chi connectivity index (χ0) is 18.1. The fourth-order valence-electron chi connectivity index (χ4n) is 0.856. The number of benzene rings is 1. The molecule has 0 aliphatic heterocycles. The van der Waals surface area contributed by atoms with Crippen LogP contribution in [-0.2, 0) is 0 Å². The molecular weight excluding hydrogens is 288 g/mol. The standard InChI is InChI=1S/C8H6O4.2C4H10O/c9-7(10)5-3-1-2-4-6(5)8(11)12;2*1-4(2,3)5/h1-4H,(H,9,10)(H,11,12);2*5H,1-3H3. The second-order valence-corrected chi connectivity index (χ2v) is 6.50. The van der Waals surface area contributed by atoms with Crippen molar-refractivity contribution in [3.05, 3.63) is 35.4 Å². The van der Waals surface area contributed by atoms with E-state index in [4.69, 9.17) is 20.4 Å². The molecule has 0 aliphatic rings. The van der Waals surface area contributed by atoms with Gasteiger partial charge >= 0.3 is 11.9 Å². The third kappa shape index (κ3) is 18.1. The van der Waals surface area contributed by atoms with Crippen LogP contribution in [0.3, 0.4) is 0 Å². The van der Waals surface area contributed by atoms with Crippen molar-refractivity contribution in [3.8, 4) is 0 Å². The first-order chi connectivity index (χ1) is 9.63. The van der Waals surface area contributed by atoms with Crippen LogP contribution in [0, 0.1) is 0 Å². The molecule has 0 aromatic heterocycles. The van der Waals surface area contributed by atoms with Gasteiger partial charge in [0, 0.05) is 0 Å². The minimum Gasteiger partial charge on any atom is -0.478 e. The third-order valence-corrected chi connectivity index (χ3v) is 1.39. The predicted molar refractivity (Wildman–Crippen MR) is 84.3 cm³/mol. The quantitative estimate of drug-likeness (QED) is 0.667. The van der Waals surface area contributed by atoms with Gasteiger partial charge in [0.2, 0.25) is 0 Å². The Hall–Kier alpha value is -1.92. The van der Waals surface area contributed by atoms with E-state index < -0.39 is 23.1 Å². The molecule has 0 atom stereocenters. The molecule has 6 heteroatoms. The van der Waals surface area contributed by atoms with Gasteiger partial charge in [-0.3, -0.25) is 0 Å². The lowest BCUT2D eigenvalue weighted by atomic mass is 10.1. The number of carbonyl (C=O) groups is 2. The Balaban J connectivity index is 0. The Morgan fingerprint density at radius 2 is 0.909 bits per heavy atom. The van der Waals surface area contributed by atoms with Crippen LogP contribution in [0.4, 0.5) is 0 Å². The minimum atomic E-state index is -1.23. The van der Waals surface area contributed by atoms with Crippen molar-refractivity contribution in [1.29, 1.82) is 0 Å². The summed E-state index contributed by atoms with van der Waals surface area (Å²) < 4.78 is 0. The van der Waals surface area contributed by atoms with Gasteiger partial charge < -0.3 is 20.4 Å². The molecule has 0 radical (unpaired) electrons.